The highest BCUT2D eigenvalue weighted by atomic mass is 16.3. The number of carbonyl (C=O) groups excluding carboxylic acids is 1. The number of rotatable bonds is 62. The Morgan fingerprint density at radius 3 is 0.909 bits per heavy atom. The van der Waals surface area contributed by atoms with Gasteiger partial charge in [-0.3, -0.25) is 4.79 Å². The molecule has 0 aliphatic rings. The molecule has 0 aliphatic heterocycles. The molecule has 0 saturated carbocycles. The maximum atomic E-state index is 12.5. The average molecular weight is 1070 g/mol. The smallest absolute Gasteiger partial charge is 0.220 e. The van der Waals surface area contributed by atoms with E-state index in [4.69, 9.17) is 0 Å². The van der Waals surface area contributed by atoms with Gasteiger partial charge < -0.3 is 15.5 Å². The molecule has 0 saturated heterocycles. The van der Waals surface area contributed by atoms with Crippen molar-refractivity contribution in [1.82, 2.24) is 5.32 Å². The van der Waals surface area contributed by atoms with Crippen molar-refractivity contribution in [1.29, 1.82) is 0 Å². The summed E-state index contributed by atoms with van der Waals surface area (Å²) in [5.41, 5.74) is 0. The number of carbonyl (C=O) groups is 1. The molecule has 0 spiro atoms. The minimum Gasteiger partial charge on any atom is -0.394 e. The molecule has 1 amide bonds. The van der Waals surface area contributed by atoms with Gasteiger partial charge in [0.15, 0.2) is 0 Å². The minimum absolute atomic E-state index is 0.0753. The van der Waals surface area contributed by atoms with E-state index in [2.05, 4.69) is 104 Å². The third kappa shape index (κ3) is 64.0. The van der Waals surface area contributed by atoms with Gasteiger partial charge in [-0.1, -0.05) is 342 Å². The van der Waals surface area contributed by atoms with Crippen LogP contribution in [-0.2, 0) is 4.79 Å². The van der Waals surface area contributed by atoms with Gasteiger partial charge in [0, 0.05) is 6.42 Å². The van der Waals surface area contributed by atoms with Gasteiger partial charge in [0.25, 0.3) is 0 Å². The maximum Gasteiger partial charge on any atom is 0.220 e. The monoisotopic (exact) mass is 1070 g/mol. The predicted molar refractivity (Wildman–Crippen MR) is 345 cm³/mol. The van der Waals surface area contributed by atoms with E-state index in [1.165, 1.54) is 250 Å². The molecule has 0 aromatic heterocycles. The Balaban J connectivity index is 3.51. The molecule has 0 aromatic rings. The van der Waals surface area contributed by atoms with Gasteiger partial charge in [-0.25, -0.2) is 0 Å². The number of hydrogen-bond donors (Lipinski definition) is 3. The van der Waals surface area contributed by atoms with Crippen LogP contribution in [0.5, 0.6) is 0 Å². The molecule has 0 bridgehead atoms. The van der Waals surface area contributed by atoms with E-state index in [-0.39, 0.29) is 12.5 Å². The van der Waals surface area contributed by atoms with E-state index in [0.717, 1.165) is 70.6 Å². The van der Waals surface area contributed by atoms with Crippen LogP contribution >= 0.6 is 0 Å². The molecule has 0 radical (unpaired) electrons. The zero-order valence-electron chi connectivity index (χ0n) is 51.5. The van der Waals surface area contributed by atoms with E-state index >= 15 is 0 Å². The molecule has 4 heteroatoms. The van der Waals surface area contributed by atoms with Crippen LogP contribution in [0.25, 0.3) is 0 Å². The van der Waals surface area contributed by atoms with Crippen molar-refractivity contribution in [3.63, 3.8) is 0 Å². The highest BCUT2D eigenvalue weighted by Gasteiger charge is 2.18. The van der Waals surface area contributed by atoms with Crippen molar-refractivity contribution < 1.29 is 15.0 Å². The molecule has 0 aromatic carbocycles. The van der Waals surface area contributed by atoms with Crippen molar-refractivity contribution >= 4 is 5.91 Å². The Hall–Kier alpha value is -2.69. The Labute approximate surface area is 481 Å². The largest absolute Gasteiger partial charge is 0.394 e. The van der Waals surface area contributed by atoms with Crippen LogP contribution in [0.4, 0.5) is 0 Å². The third-order valence-corrected chi connectivity index (χ3v) is 15.3. The third-order valence-electron chi connectivity index (χ3n) is 15.3. The van der Waals surface area contributed by atoms with E-state index in [1.807, 2.05) is 6.08 Å². The first kappa shape index (κ1) is 74.3. The molecule has 77 heavy (non-hydrogen) atoms. The molecule has 0 aliphatic carbocycles. The first-order valence-electron chi connectivity index (χ1n) is 34.0. The molecule has 0 heterocycles. The van der Waals surface area contributed by atoms with E-state index in [9.17, 15) is 15.0 Å². The number of hydrogen-bond acceptors (Lipinski definition) is 3. The SMILES string of the molecule is CC/C=C\C/C=C\C/C=C\C/C=C\C/C=C\CCCCCCCCCCCCCCCCCCCCCC(=O)NC(CO)C(O)/C=C/CC/C=C/CC/C=C/CCCCCCCCCCCCCCCCCCCCCC. The summed E-state index contributed by atoms with van der Waals surface area (Å²) in [7, 11) is 0. The molecule has 446 valence electrons. The predicted octanol–water partition coefficient (Wildman–Crippen LogP) is 23.2. The van der Waals surface area contributed by atoms with Crippen LogP contribution in [0.3, 0.4) is 0 Å². The first-order valence-corrected chi connectivity index (χ1v) is 34.0. The molecule has 4 nitrogen and oxygen atoms in total. The molecule has 2 atom stereocenters. The summed E-state index contributed by atoms with van der Waals surface area (Å²) in [4.78, 5) is 12.5. The molecule has 3 N–H and O–H groups in total. The van der Waals surface area contributed by atoms with Crippen LogP contribution < -0.4 is 5.32 Å². The zero-order valence-corrected chi connectivity index (χ0v) is 51.5. The summed E-state index contributed by atoms with van der Waals surface area (Å²) in [6.45, 7) is 4.21. The maximum absolute atomic E-state index is 12.5. The van der Waals surface area contributed by atoms with E-state index in [1.54, 1.807) is 6.08 Å². The number of amides is 1. The lowest BCUT2D eigenvalue weighted by molar-refractivity contribution is -0.123. The normalized spacial score (nSPS) is 13.4. The summed E-state index contributed by atoms with van der Waals surface area (Å²) < 4.78 is 0. The highest BCUT2D eigenvalue weighted by molar-refractivity contribution is 5.76. The Kier molecular flexibility index (Phi) is 65.2. The van der Waals surface area contributed by atoms with Crippen molar-refractivity contribution in [3.8, 4) is 0 Å². The van der Waals surface area contributed by atoms with Gasteiger partial charge in [0.05, 0.1) is 18.8 Å². The van der Waals surface area contributed by atoms with Crippen LogP contribution in [0.1, 0.15) is 341 Å². The van der Waals surface area contributed by atoms with Gasteiger partial charge in [-0.05, 0) is 89.9 Å². The van der Waals surface area contributed by atoms with E-state index in [0.29, 0.717) is 6.42 Å². The van der Waals surface area contributed by atoms with E-state index < -0.39 is 12.1 Å². The second kappa shape index (κ2) is 67.6. The topological polar surface area (TPSA) is 69.6 Å². The molecule has 0 fully saturated rings. The second-order valence-electron chi connectivity index (χ2n) is 22.8. The van der Waals surface area contributed by atoms with Gasteiger partial charge in [-0.2, -0.15) is 0 Å². The number of nitrogens with one attached hydrogen (secondary N) is 1. The Bertz CT molecular complexity index is 1400. The Morgan fingerprint density at radius 1 is 0.325 bits per heavy atom. The van der Waals surface area contributed by atoms with Crippen molar-refractivity contribution in [3.05, 3.63) is 97.2 Å². The first-order chi connectivity index (χ1) is 38.2. The summed E-state index contributed by atoms with van der Waals surface area (Å²) in [5, 5.41) is 23.2. The fraction of sp³-hybridized carbons (Fsp3) is 0.767. The molecule has 2 unspecified atom stereocenters. The number of aliphatic hydroxyl groups excluding tert-OH is 2. The highest BCUT2D eigenvalue weighted by Crippen LogP contribution is 2.18. The van der Waals surface area contributed by atoms with Gasteiger partial charge in [0.2, 0.25) is 5.91 Å². The fourth-order valence-electron chi connectivity index (χ4n) is 10.2. The lowest BCUT2D eigenvalue weighted by Gasteiger charge is -2.19. The number of allylic oxidation sites excluding steroid dienone is 15. The van der Waals surface area contributed by atoms with Crippen molar-refractivity contribution in [2.45, 2.75) is 353 Å². The number of aliphatic hydroxyl groups is 2. The summed E-state index contributed by atoms with van der Waals surface area (Å²) in [6.07, 6.45) is 101. The summed E-state index contributed by atoms with van der Waals surface area (Å²) in [5.74, 6) is -0.0753. The average Bonchev–Trinajstić information content (AvgIpc) is 3.43. The molecular weight excluding hydrogens is 939 g/mol. The lowest BCUT2D eigenvalue weighted by atomic mass is 10.0. The number of unbranched alkanes of at least 4 members (excludes halogenated alkanes) is 41. The zero-order chi connectivity index (χ0) is 55.5. The van der Waals surface area contributed by atoms with Crippen molar-refractivity contribution in [2.75, 3.05) is 6.61 Å². The quantitative estimate of drug-likeness (QED) is 0.0420. The van der Waals surface area contributed by atoms with Crippen LogP contribution in [0.2, 0.25) is 0 Å². The minimum atomic E-state index is -0.876. The van der Waals surface area contributed by atoms with Gasteiger partial charge >= 0.3 is 0 Å². The molecule has 0 rings (SSSR count). The molecular formula is C73H131NO3. The standard InChI is InChI=1S/C73H131NO3/c1-3-5-7-9-11-13-15-17-19-21-23-25-27-29-31-33-35-36-37-38-39-41-43-45-47-49-51-53-55-57-59-61-63-65-67-69-73(77)74-71(70-75)72(76)68-66-64-62-60-58-56-54-52-50-48-46-44-42-40-34-32-30-28-26-24-22-20-18-16-14-12-10-8-6-4-2/h5,7,11,13,17,19,23,25,29,31,50,52,58,60,66,68,71-72,75-76H,3-4,6,8-10,12,14-16,18,20-22,24,26-28,30,32-49,51,53-57,59,61-65,67,69-70H2,1-2H3,(H,74,77)/b7-5-,13-11-,19-17-,25-23-,31-29-,52-50+,60-58+,68-66+. The fourth-order valence-corrected chi connectivity index (χ4v) is 10.2. The summed E-state index contributed by atoms with van der Waals surface area (Å²) >= 11 is 0. The van der Waals surface area contributed by atoms with Crippen LogP contribution in [-0.4, -0.2) is 34.9 Å². The Morgan fingerprint density at radius 2 is 0.584 bits per heavy atom. The second-order valence-corrected chi connectivity index (χ2v) is 22.8. The summed E-state index contributed by atoms with van der Waals surface area (Å²) in [6, 6.07) is -0.651. The van der Waals surface area contributed by atoms with Crippen LogP contribution in [0.15, 0.2) is 97.2 Å². The van der Waals surface area contributed by atoms with Gasteiger partial charge in [0.1, 0.15) is 0 Å². The lowest BCUT2D eigenvalue weighted by Crippen LogP contribution is -2.45. The van der Waals surface area contributed by atoms with Crippen molar-refractivity contribution in [2.24, 2.45) is 0 Å². The van der Waals surface area contributed by atoms with Gasteiger partial charge in [-0.15, -0.1) is 0 Å². The van der Waals surface area contributed by atoms with Crippen LogP contribution in [0, 0.1) is 0 Å².